The molecule has 0 aliphatic carbocycles. The van der Waals surface area contributed by atoms with Gasteiger partial charge in [-0.2, -0.15) is 0 Å². The van der Waals surface area contributed by atoms with Crippen LogP contribution in [0, 0.1) is 19.3 Å². The molecule has 0 unspecified atom stereocenters. The highest BCUT2D eigenvalue weighted by Gasteiger charge is 2.16. The molecule has 0 amide bonds. The topological polar surface area (TPSA) is 37.8 Å². The summed E-state index contributed by atoms with van der Waals surface area (Å²) in [7, 11) is 0. The van der Waals surface area contributed by atoms with Gasteiger partial charge in [0, 0.05) is 12.4 Å². The van der Waals surface area contributed by atoms with Crippen LogP contribution in [0.1, 0.15) is 31.7 Å². The standard InChI is InChI=1S/C12H20ClN3/c1-9-10(2)16-11(7-14-9)15-8-12(3,4)5-6-13/h7H,5-6,8H2,1-4H3,(H,15,16). The molecule has 0 saturated heterocycles. The SMILES string of the molecule is Cc1ncc(NCC(C)(C)CCCl)nc1C. The fourth-order valence-electron chi connectivity index (χ4n) is 1.30. The Morgan fingerprint density at radius 2 is 2.00 bits per heavy atom. The third kappa shape index (κ3) is 3.97. The van der Waals surface area contributed by atoms with E-state index in [0.29, 0.717) is 5.88 Å². The fraction of sp³-hybridized carbons (Fsp3) is 0.667. The average molecular weight is 242 g/mol. The molecule has 1 heterocycles. The zero-order valence-electron chi connectivity index (χ0n) is 10.5. The van der Waals surface area contributed by atoms with Gasteiger partial charge in [-0.15, -0.1) is 11.6 Å². The first-order valence-electron chi connectivity index (χ1n) is 5.55. The van der Waals surface area contributed by atoms with Gasteiger partial charge >= 0.3 is 0 Å². The molecule has 3 nitrogen and oxygen atoms in total. The molecule has 0 aliphatic heterocycles. The second kappa shape index (κ2) is 5.48. The molecule has 1 rings (SSSR count). The lowest BCUT2D eigenvalue weighted by Gasteiger charge is -2.24. The number of aryl methyl sites for hydroxylation is 2. The van der Waals surface area contributed by atoms with Crippen molar-refractivity contribution in [1.29, 1.82) is 0 Å². The summed E-state index contributed by atoms with van der Waals surface area (Å²) in [5.74, 6) is 1.53. The minimum absolute atomic E-state index is 0.183. The maximum absolute atomic E-state index is 5.76. The monoisotopic (exact) mass is 241 g/mol. The van der Waals surface area contributed by atoms with Gasteiger partial charge in [0.2, 0.25) is 0 Å². The molecule has 4 heteroatoms. The molecule has 0 radical (unpaired) electrons. The number of aromatic nitrogens is 2. The van der Waals surface area contributed by atoms with Gasteiger partial charge in [-0.3, -0.25) is 4.98 Å². The Balaban J connectivity index is 2.57. The fourth-order valence-corrected chi connectivity index (χ4v) is 1.81. The number of nitrogens with zero attached hydrogens (tertiary/aromatic N) is 2. The summed E-state index contributed by atoms with van der Waals surface area (Å²) in [4.78, 5) is 8.70. The number of nitrogens with one attached hydrogen (secondary N) is 1. The van der Waals surface area contributed by atoms with E-state index in [1.807, 2.05) is 13.8 Å². The van der Waals surface area contributed by atoms with Crippen molar-refractivity contribution in [2.24, 2.45) is 5.41 Å². The van der Waals surface area contributed by atoms with Gasteiger partial charge in [0.05, 0.1) is 17.6 Å². The van der Waals surface area contributed by atoms with Crippen molar-refractivity contribution in [2.45, 2.75) is 34.1 Å². The first-order valence-corrected chi connectivity index (χ1v) is 6.08. The highest BCUT2D eigenvalue weighted by Crippen LogP contribution is 2.21. The van der Waals surface area contributed by atoms with Crippen LogP contribution in [0.4, 0.5) is 5.82 Å². The predicted octanol–water partition coefficient (Wildman–Crippen LogP) is 3.16. The average Bonchev–Trinajstić information content (AvgIpc) is 2.20. The first kappa shape index (κ1) is 13.2. The summed E-state index contributed by atoms with van der Waals surface area (Å²) in [5, 5.41) is 3.31. The van der Waals surface area contributed by atoms with Crippen LogP contribution in [0.15, 0.2) is 6.20 Å². The Morgan fingerprint density at radius 1 is 1.31 bits per heavy atom. The van der Waals surface area contributed by atoms with E-state index in [0.717, 1.165) is 30.2 Å². The van der Waals surface area contributed by atoms with Gasteiger partial charge in [0.25, 0.3) is 0 Å². The Kier molecular flexibility index (Phi) is 4.54. The Labute approximate surface area is 103 Å². The molecule has 1 N–H and O–H groups in total. The van der Waals surface area contributed by atoms with E-state index < -0.39 is 0 Å². The quantitative estimate of drug-likeness (QED) is 0.805. The second-order valence-corrected chi connectivity index (χ2v) is 5.26. The summed E-state index contributed by atoms with van der Waals surface area (Å²) in [5.41, 5.74) is 2.13. The molecule has 0 aliphatic rings. The lowest BCUT2D eigenvalue weighted by molar-refractivity contribution is 0.379. The van der Waals surface area contributed by atoms with Crippen LogP contribution < -0.4 is 5.32 Å². The maximum atomic E-state index is 5.76. The molecular weight excluding hydrogens is 222 g/mol. The Morgan fingerprint density at radius 3 is 2.56 bits per heavy atom. The van der Waals surface area contributed by atoms with Crippen molar-refractivity contribution in [3.8, 4) is 0 Å². The number of anilines is 1. The van der Waals surface area contributed by atoms with Crippen LogP contribution in [-0.4, -0.2) is 22.4 Å². The summed E-state index contributed by atoms with van der Waals surface area (Å²) in [6.07, 6.45) is 2.76. The van der Waals surface area contributed by atoms with Gasteiger partial charge in [-0.05, 0) is 25.7 Å². The van der Waals surface area contributed by atoms with Crippen LogP contribution in [0.5, 0.6) is 0 Å². The normalized spacial score (nSPS) is 11.6. The van der Waals surface area contributed by atoms with E-state index >= 15 is 0 Å². The van der Waals surface area contributed by atoms with Crippen LogP contribution in [0.2, 0.25) is 0 Å². The van der Waals surface area contributed by atoms with Gasteiger partial charge < -0.3 is 5.32 Å². The van der Waals surface area contributed by atoms with E-state index in [2.05, 4.69) is 29.1 Å². The van der Waals surface area contributed by atoms with E-state index in [4.69, 9.17) is 11.6 Å². The summed E-state index contributed by atoms with van der Waals surface area (Å²) >= 11 is 5.76. The third-order valence-corrected chi connectivity index (χ3v) is 2.90. The highest BCUT2D eigenvalue weighted by atomic mass is 35.5. The van der Waals surface area contributed by atoms with Crippen molar-refractivity contribution < 1.29 is 0 Å². The molecule has 0 atom stereocenters. The maximum Gasteiger partial charge on any atom is 0.144 e. The molecule has 1 aromatic rings. The van der Waals surface area contributed by atoms with Gasteiger partial charge in [-0.1, -0.05) is 13.8 Å². The molecule has 0 spiro atoms. The van der Waals surface area contributed by atoms with E-state index in [9.17, 15) is 0 Å². The molecule has 1 aromatic heterocycles. The number of rotatable bonds is 5. The van der Waals surface area contributed by atoms with E-state index in [1.165, 1.54) is 0 Å². The van der Waals surface area contributed by atoms with Crippen molar-refractivity contribution in [3.63, 3.8) is 0 Å². The molecule has 0 saturated carbocycles. The molecule has 90 valence electrons. The third-order valence-electron chi connectivity index (χ3n) is 2.71. The molecule has 16 heavy (non-hydrogen) atoms. The minimum Gasteiger partial charge on any atom is -0.368 e. The molecule has 0 aromatic carbocycles. The molecular formula is C12H20ClN3. The predicted molar refractivity (Wildman–Crippen MR) is 69.1 cm³/mol. The zero-order valence-corrected chi connectivity index (χ0v) is 11.2. The number of alkyl halides is 1. The summed E-state index contributed by atoms with van der Waals surface area (Å²) in [6, 6.07) is 0. The van der Waals surface area contributed by atoms with Crippen LogP contribution in [0.25, 0.3) is 0 Å². The smallest absolute Gasteiger partial charge is 0.144 e. The lowest BCUT2D eigenvalue weighted by atomic mass is 9.90. The van der Waals surface area contributed by atoms with Gasteiger partial charge in [-0.25, -0.2) is 4.98 Å². The van der Waals surface area contributed by atoms with Crippen LogP contribution in [0.3, 0.4) is 0 Å². The second-order valence-electron chi connectivity index (χ2n) is 4.88. The zero-order chi connectivity index (χ0) is 12.2. The highest BCUT2D eigenvalue weighted by molar-refractivity contribution is 6.17. The van der Waals surface area contributed by atoms with Gasteiger partial charge in [0.1, 0.15) is 5.82 Å². The van der Waals surface area contributed by atoms with E-state index in [-0.39, 0.29) is 5.41 Å². The van der Waals surface area contributed by atoms with Crippen molar-refractivity contribution in [2.75, 3.05) is 17.7 Å². The van der Waals surface area contributed by atoms with Crippen LogP contribution in [-0.2, 0) is 0 Å². The van der Waals surface area contributed by atoms with Crippen molar-refractivity contribution in [1.82, 2.24) is 9.97 Å². The number of hydrogen-bond donors (Lipinski definition) is 1. The van der Waals surface area contributed by atoms with Crippen LogP contribution >= 0.6 is 11.6 Å². The van der Waals surface area contributed by atoms with Gasteiger partial charge in [0.15, 0.2) is 0 Å². The lowest BCUT2D eigenvalue weighted by Crippen LogP contribution is -2.24. The summed E-state index contributed by atoms with van der Waals surface area (Å²) in [6.45, 7) is 9.17. The summed E-state index contributed by atoms with van der Waals surface area (Å²) < 4.78 is 0. The van der Waals surface area contributed by atoms with Crippen molar-refractivity contribution in [3.05, 3.63) is 17.6 Å². The number of halogens is 1. The van der Waals surface area contributed by atoms with Crippen molar-refractivity contribution >= 4 is 17.4 Å². The largest absolute Gasteiger partial charge is 0.368 e. The number of hydrogen-bond acceptors (Lipinski definition) is 3. The Hall–Kier alpha value is -0.830. The first-order chi connectivity index (χ1) is 7.44. The Bertz CT molecular complexity index is 350. The molecule has 0 bridgehead atoms. The minimum atomic E-state index is 0.183. The van der Waals surface area contributed by atoms with E-state index in [1.54, 1.807) is 6.20 Å². The molecule has 0 fully saturated rings.